The molecule has 6 atom stereocenters. The van der Waals surface area contributed by atoms with E-state index in [2.05, 4.69) is 15.0 Å². The van der Waals surface area contributed by atoms with E-state index < -0.39 is 48.5 Å². The minimum atomic E-state index is -1.12. The van der Waals surface area contributed by atoms with Crippen LogP contribution in [0.1, 0.15) is 56.2 Å². The maximum atomic E-state index is 13.0. The summed E-state index contributed by atoms with van der Waals surface area (Å²) in [5.74, 6) is -1.84. The second-order valence-electron chi connectivity index (χ2n) is 11.3. The first-order chi connectivity index (χ1) is 20.6. The average Bonchev–Trinajstić information content (AvgIpc) is 3.65. The van der Waals surface area contributed by atoms with Crippen molar-refractivity contribution in [3.05, 3.63) is 89.5 Å². The first kappa shape index (κ1) is 28.9. The van der Waals surface area contributed by atoms with E-state index in [-0.39, 0.29) is 11.4 Å². The van der Waals surface area contributed by atoms with Crippen LogP contribution < -0.4 is 5.73 Å². The summed E-state index contributed by atoms with van der Waals surface area (Å²) < 4.78 is 27.9. The van der Waals surface area contributed by atoms with E-state index in [0.29, 0.717) is 17.6 Å². The van der Waals surface area contributed by atoms with E-state index >= 15 is 0 Å². The van der Waals surface area contributed by atoms with Crippen molar-refractivity contribution in [1.82, 2.24) is 19.5 Å². The van der Waals surface area contributed by atoms with Crippen molar-refractivity contribution in [2.75, 3.05) is 5.73 Å². The molecule has 11 heteroatoms. The number of hydrogen-bond donors (Lipinski definition) is 2. The van der Waals surface area contributed by atoms with Crippen LogP contribution in [0.3, 0.4) is 0 Å². The summed E-state index contributed by atoms with van der Waals surface area (Å²) >= 11 is 0. The zero-order chi connectivity index (χ0) is 30.3. The van der Waals surface area contributed by atoms with Gasteiger partial charge in [0.25, 0.3) is 0 Å². The number of carboxylic acid groups (broad SMARTS) is 1. The minimum absolute atomic E-state index is 0.0398. The summed E-state index contributed by atoms with van der Waals surface area (Å²) in [6.45, 7) is 7.62. The zero-order valence-electron chi connectivity index (χ0n) is 24.5. The molecule has 2 aromatic carbocycles. The molecular formula is C32H35N5O6. The molecule has 1 unspecified atom stereocenters. The van der Waals surface area contributed by atoms with E-state index in [1.165, 1.54) is 6.33 Å². The van der Waals surface area contributed by atoms with Gasteiger partial charge in [-0.25, -0.2) is 19.7 Å². The summed E-state index contributed by atoms with van der Waals surface area (Å²) in [5, 5.41) is 10.6. The SMILES string of the molecule is CC[C@H](OC(C(=Cc1ccc(C)cc1)C(=O)O)[C@H]1O[C@@H](n2cnc3c(N)ncnc32)[C@@H]2OC(C)(C)O[C@@H]21)c1ccccc1. The number of nitrogens with two attached hydrogens (primary N) is 1. The number of aliphatic carboxylic acids is 1. The van der Waals surface area contributed by atoms with Crippen LogP contribution in [0.2, 0.25) is 0 Å². The van der Waals surface area contributed by atoms with Gasteiger partial charge >= 0.3 is 5.97 Å². The van der Waals surface area contributed by atoms with Crippen molar-refractivity contribution in [2.24, 2.45) is 0 Å². The van der Waals surface area contributed by atoms with Gasteiger partial charge in [-0.2, -0.15) is 0 Å². The van der Waals surface area contributed by atoms with Gasteiger partial charge in [0.15, 0.2) is 23.5 Å². The van der Waals surface area contributed by atoms with Crippen LogP contribution in [0.15, 0.2) is 72.8 Å². The van der Waals surface area contributed by atoms with Gasteiger partial charge in [0.05, 0.1) is 18.0 Å². The van der Waals surface area contributed by atoms with E-state index in [9.17, 15) is 9.90 Å². The Morgan fingerprint density at radius 1 is 1.09 bits per heavy atom. The molecule has 0 radical (unpaired) electrons. The second kappa shape index (κ2) is 11.5. The van der Waals surface area contributed by atoms with Gasteiger partial charge in [-0.05, 0) is 44.4 Å². The smallest absolute Gasteiger partial charge is 0.334 e. The number of nitrogen functional groups attached to an aromatic ring is 1. The lowest BCUT2D eigenvalue weighted by Gasteiger charge is -2.32. The fourth-order valence-electron chi connectivity index (χ4n) is 5.82. The van der Waals surface area contributed by atoms with Gasteiger partial charge in [-0.3, -0.25) is 4.57 Å². The fourth-order valence-corrected chi connectivity index (χ4v) is 5.82. The largest absolute Gasteiger partial charge is 0.478 e. The van der Waals surface area contributed by atoms with E-state index in [1.54, 1.807) is 17.0 Å². The lowest BCUT2D eigenvalue weighted by Crippen LogP contribution is -2.43. The molecule has 224 valence electrons. The molecule has 6 rings (SSSR count). The van der Waals surface area contributed by atoms with Crippen LogP contribution in [0, 0.1) is 6.92 Å². The Labute approximate surface area is 249 Å². The number of nitrogens with zero attached hydrogens (tertiary/aromatic N) is 4. The number of aryl methyl sites for hydroxylation is 1. The molecule has 0 aliphatic carbocycles. The monoisotopic (exact) mass is 585 g/mol. The maximum Gasteiger partial charge on any atom is 0.334 e. The zero-order valence-corrected chi connectivity index (χ0v) is 24.5. The molecular weight excluding hydrogens is 550 g/mol. The second-order valence-corrected chi connectivity index (χ2v) is 11.3. The highest BCUT2D eigenvalue weighted by Gasteiger charge is 2.59. The Morgan fingerprint density at radius 2 is 1.81 bits per heavy atom. The molecule has 4 heterocycles. The summed E-state index contributed by atoms with van der Waals surface area (Å²) in [7, 11) is 0. The third kappa shape index (κ3) is 5.64. The number of ether oxygens (including phenoxy) is 4. The molecule has 2 aliphatic rings. The van der Waals surface area contributed by atoms with Crippen LogP contribution >= 0.6 is 0 Å². The Bertz CT molecular complexity index is 1640. The van der Waals surface area contributed by atoms with Gasteiger partial charge in [-0.1, -0.05) is 67.1 Å². The number of aromatic nitrogens is 4. The average molecular weight is 586 g/mol. The van der Waals surface area contributed by atoms with Crippen LogP contribution in [0.5, 0.6) is 0 Å². The fraction of sp³-hybridized carbons (Fsp3) is 0.375. The van der Waals surface area contributed by atoms with E-state index in [4.69, 9.17) is 24.7 Å². The number of carbonyl (C=O) groups is 1. The summed E-state index contributed by atoms with van der Waals surface area (Å²) in [4.78, 5) is 25.8. The quantitative estimate of drug-likeness (QED) is 0.262. The number of benzene rings is 2. The normalized spacial score (nSPS) is 24.6. The summed E-state index contributed by atoms with van der Waals surface area (Å²) in [6, 6.07) is 17.4. The third-order valence-electron chi connectivity index (χ3n) is 7.83. The molecule has 3 N–H and O–H groups in total. The summed E-state index contributed by atoms with van der Waals surface area (Å²) in [5.41, 5.74) is 9.72. The predicted molar refractivity (Wildman–Crippen MR) is 159 cm³/mol. The number of rotatable bonds is 9. The minimum Gasteiger partial charge on any atom is -0.478 e. The van der Waals surface area contributed by atoms with Crippen LogP contribution in [-0.4, -0.2) is 60.8 Å². The molecule has 0 spiro atoms. The Balaban J connectivity index is 1.46. The molecule has 2 fully saturated rings. The van der Waals surface area contributed by atoms with Gasteiger partial charge in [0, 0.05) is 0 Å². The highest BCUT2D eigenvalue weighted by Crippen LogP contribution is 2.47. The Kier molecular flexibility index (Phi) is 7.74. The van der Waals surface area contributed by atoms with Crippen molar-refractivity contribution in [3.63, 3.8) is 0 Å². The van der Waals surface area contributed by atoms with E-state index in [0.717, 1.165) is 16.7 Å². The number of hydrogen-bond acceptors (Lipinski definition) is 9. The number of carboxylic acids is 1. The van der Waals surface area contributed by atoms with Crippen molar-refractivity contribution >= 4 is 29.0 Å². The number of anilines is 1. The Hall–Kier alpha value is -4.16. The predicted octanol–water partition coefficient (Wildman–Crippen LogP) is 4.84. The van der Waals surface area contributed by atoms with E-state index in [1.807, 2.05) is 82.3 Å². The molecule has 2 aliphatic heterocycles. The maximum absolute atomic E-state index is 13.0. The summed E-state index contributed by atoms with van der Waals surface area (Å²) in [6.07, 6.45) is 0.821. The lowest BCUT2D eigenvalue weighted by molar-refractivity contribution is -0.211. The van der Waals surface area contributed by atoms with Crippen molar-refractivity contribution in [1.29, 1.82) is 0 Å². The van der Waals surface area contributed by atoms with Crippen LogP contribution in [0.4, 0.5) is 5.82 Å². The van der Waals surface area contributed by atoms with Crippen LogP contribution in [0.25, 0.3) is 17.2 Å². The molecule has 0 bridgehead atoms. The molecule has 43 heavy (non-hydrogen) atoms. The number of imidazole rings is 1. The number of fused-ring (bicyclic) bond motifs is 2. The van der Waals surface area contributed by atoms with Gasteiger partial charge in [0.1, 0.15) is 36.3 Å². The Morgan fingerprint density at radius 3 is 2.51 bits per heavy atom. The molecule has 2 aromatic heterocycles. The molecule has 2 saturated heterocycles. The van der Waals surface area contributed by atoms with Crippen molar-refractivity contribution in [3.8, 4) is 0 Å². The van der Waals surface area contributed by atoms with Gasteiger partial charge in [-0.15, -0.1) is 0 Å². The molecule has 0 amide bonds. The first-order valence-electron chi connectivity index (χ1n) is 14.3. The molecule has 11 nitrogen and oxygen atoms in total. The standard InChI is InChI=1S/C32H35N5O6/c1-5-22(20-9-7-6-8-10-20)40-24(21(31(38)39)15-19-13-11-18(2)12-14-19)25-26-27(43-32(3,4)42-26)30(41-25)37-17-36-23-28(33)34-16-35-29(23)37/h6-17,22,24-27,30H,5H2,1-4H3,(H,38,39)(H2,33,34,35)/t22-,24?,25+,26+,27+,30+/m0/s1. The third-order valence-corrected chi connectivity index (χ3v) is 7.83. The molecule has 0 saturated carbocycles. The lowest BCUT2D eigenvalue weighted by atomic mass is 9.95. The van der Waals surface area contributed by atoms with Crippen LogP contribution in [-0.2, 0) is 23.7 Å². The highest BCUT2D eigenvalue weighted by atomic mass is 16.8. The van der Waals surface area contributed by atoms with Gasteiger partial charge in [0.2, 0.25) is 0 Å². The molecule has 4 aromatic rings. The first-order valence-corrected chi connectivity index (χ1v) is 14.3. The van der Waals surface area contributed by atoms with Crippen molar-refractivity contribution in [2.45, 2.75) is 76.7 Å². The van der Waals surface area contributed by atoms with Gasteiger partial charge < -0.3 is 29.8 Å². The topological polar surface area (TPSA) is 144 Å². The highest BCUT2D eigenvalue weighted by molar-refractivity contribution is 5.93. The van der Waals surface area contributed by atoms with Crippen molar-refractivity contribution < 1.29 is 28.8 Å².